The molecular formula is C26H20N4O2. The standard InChI is InChI=1S/C26H20N4O2/c1-16-7-10-23(29-25(31)18-8-9-19-14-27-12-11-17(19)13-18)28-24(16)22-15-30(2)26(32)21-6-4-3-5-20(21)22/h3-15H,1-2H3,(H,28,29,31). The van der Waals surface area contributed by atoms with Crippen LogP contribution >= 0.6 is 0 Å². The van der Waals surface area contributed by atoms with Crippen LogP contribution in [0.2, 0.25) is 0 Å². The zero-order valence-electron chi connectivity index (χ0n) is 17.7. The maximum absolute atomic E-state index is 12.9. The number of nitrogens with one attached hydrogen (secondary N) is 1. The van der Waals surface area contributed by atoms with Crippen LogP contribution in [0.25, 0.3) is 32.8 Å². The molecule has 0 unspecified atom stereocenters. The van der Waals surface area contributed by atoms with Crippen molar-refractivity contribution >= 4 is 33.3 Å². The van der Waals surface area contributed by atoms with Crippen LogP contribution in [0.1, 0.15) is 15.9 Å². The number of benzene rings is 2. The molecule has 0 atom stereocenters. The summed E-state index contributed by atoms with van der Waals surface area (Å²) >= 11 is 0. The lowest BCUT2D eigenvalue weighted by Gasteiger charge is -2.13. The molecule has 1 amide bonds. The molecular weight excluding hydrogens is 400 g/mol. The molecule has 3 heterocycles. The van der Waals surface area contributed by atoms with E-state index in [0.717, 1.165) is 33.0 Å². The average molecular weight is 420 g/mol. The van der Waals surface area contributed by atoms with E-state index in [9.17, 15) is 9.59 Å². The molecule has 0 saturated heterocycles. The molecule has 2 aromatic carbocycles. The second-order valence-corrected chi connectivity index (χ2v) is 7.76. The maximum atomic E-state index is 12.9. The first-order chi connectivity index (χ1) is 15.5. The molecule has 6 heteroatoms. The largest absolute Gasteiger partial charge is 0.317 e. The Morgan fingerprint density at radius 1 is 0.969 bits per heavy atom. The van der Waals surface area contributed by atoms with E-state index in [4.69, 9.17) is 4.98 Å². The van der Waals surface area contributed by atoms with Gasteiger partial charge >= 0.3 is 0 Å². The topological polar surface area (TPSA) is 76.9 Å². The number of fused-ring (bicyclic) bond motifs is 2. The first-order valence-electron chi connectivity index (χ1n) is 10.2. The molecule has 0 radical (unpaired) electrons. The van der Waals surface area contributed by atoms with Gasteiger partial charge in [-0.15, -0.1) is 0 Å². The number of carbonyl (C=O) groups is 1. The lowest BCUT2D eigenvalue weighted by molar-refractivity contribution is 0.102. The van der Waals surface area contributed by atoms with Gasteiger partial charge in [-0.2, -0.15) is 0 Å². The molecule has 6 nitrogen and oxygen atoms in total. The zero-order valence-corrected chi connectivity index (χ0v) is 17.7. The third-order valence-corrected chi connectivity index (χ3v) is 5.59. The first kappa shape index (κ1) is 19.6. The summed E-state index contributed by atoms with van der Waals surface area (Å²) in [4.78, 5) is 34.3. The Kier molecular flexibility index (Phi) is 4.75. The third kappa shape index (κ3) is 3.41. The lowest BCUT2D eigenvalue weighted by Crippen LogP contribution is -2.17. The SMILES string of the molecule is Cc1ccc(NC(=O)c2ccc3cnccc3c2)nc1-c1cn(C)c(=O)c2ccccc12. The zero-order chi connectivity index (χ0) is 22.2. The predicted octanol–water partition coefficient (Wildman–Crippen LogP) is 4.71. The van der Waals surface area contributed by atoms with Crippen LogP contribution in [0.4, 0.5) is 5.82 Å². The van der Waals surface area contributed by atoms with Crippen molar-refractivity contribution in [3.8, 4) is 11.3 Å². The molecule has 0 saturated carbocycles. The van der Waals surface area contributed by atoms with E-state index in [2.05, 4.69) is 10.3 Å². The van der Waals surface area contributed by atoms with Gasteiger partial charge in [0, 0.05) is 47.5 Å². The van der Waals surface area contributed by atoms with Crippen LogP contribution in [0.5, 0.6) is 0 Å². The molecule has 0 aliphatic rings. The van der Waals surface area contributed by atoms with Crippen molar-refractivity contribution in [3.05, 3.63) is 101 Å². The number of pyridine rings is 3. The van der Waals surface area contributed by atoms with E-state index in [1.54, 1.807) is 42.3 Å². The molecule has 0 spiro atoms. The Morgan fingerprint density at radius 3 is 2.62 bits per heavy atom. The van der Waals surface area contributed by atoms with E-state index < -0.39 is 0 Å². The van der Waals surface area contributed by atoms with E-state index in [1.165, 1.54) is 0 Å². The number of anilines is 1. The van der Waals surface area contributed by atoms with Gasteiger partial charge in [-0.05, 0) is 53.6 Å². The second kappa shape index (κ2) is 7.74. The smallest absolute Gasteiger partial charge is 0.258 e. The minimum Gasteiger partial charge on any atom is -0.317 e. The van der Waals surface area contributed by atoms with Crippen LogP contribution in [-0.4, -0.2) is 20.4 Å². The molecule has 32 heavy (non-hydrogen) atoms. The number of aryl methyl sites for hydroxylation is 2. The summed E-state index contributed by atoms with van der Waals surface area (Å²) in [6, 6.07) is 18.6. The van der Waals surface area contributed by atoms with Gasteiger partial charge in [0.1, 0.15) is 5.82 Å². The molecule has 0 fully saturated rings. The lowest BCUT2D eigenvalue weighted by atomic mass is 10.0. The van der Waals surface area contributed by atoms with Crippen LogP contribution in [0, 0.1) is 6.92 Å². The number of nitrogens with zero attached hydrogens (tertiary/aromatic N) is 3. The summed E-state index contributed by atoms with van der Waals surface area (Å²) in [6.45, 7) is 1.96. The highest BCUT2D eigenvalue weighted by molar-refractivity contribution is 6.06. The minimum atomic E-state index is -0.240. The number of amides is 1. The van der Waals surface area contributed by atoms with E-state index in [0.29, 0.717) is 16.8 Å². The third-order valence-electron chi connectivity index (χ3n) is 5.59. The normalized spacial score (nSPS) is 11.1. The van der Waals surface area contributed by atoms with Crippen LogP contribution in [-0.2, 0) is 7.05 Å². The van der Waals surface area contributed by atoms with Gasteiger partial charge in [0.05, 0.1) is 5.69 Å². The van der Waals surface area contributed by atoms with Crippen molar-refractivity contribution in [2.75, 3.05) is 5.32 Å². The number of hydrogen-bond donors (Lipinski definition) is 1. The fourth-order valence-corrected chi connectivity index (χ4v) is 3.89. The van der Waals surface area contributed by atoms with Crippen molar-refractivity contribution < 1.29 is 4.79 Å². The van der Waals surface area contributed by atoms with Gasteiger partial charge in [-0.3, -0.25) is 14.6 Å². The summed E-state index contributed by atoms with van der Waals surface area (Å²) in [5, 5.41) is 6.28. The van der Waals surface area contributed by atoms with Crippen molar-refractivity contribution in [1.29, 1.82) is 0 Å². The average Bonchev–Trinajstić information content (AvgIpc) is 2.82. The van der Waals surface area contributed by atoms with Crippen LogP contribution in [0.15, 0.2) is 84.0 Å². The van der Waals surface area contributed by atoms with Gasteiger partial charge in [0.25, 0.3) is 11.5 Å². The molecule has 1 N–H and O–H groups in total. The highest BCUT2D eigenvalue weighted by Gasteiger charge is 2.14. The highest BCUT2D eigenvalue weighted by atomic mass is 16.1. The summed E-state index contributed by atoms with van der Waals surface area (Å²) in [7, 11) is 1.73. The maximum Gasteiger partial charge on any atom is 0.258 e. The van der Waals surface area contributed by atoms with Crippen LogP contribution < -0.4 is 10.9 Å². The summed E-state index contributed by atoms with van der Waals surface area (Å²) < 4.78 is 1.56. The van der Waals surface area contributed by atoms with E-state index in [-0.39, 0.29) is 11.5 Å². The van der Waals surface area contributed by atoms with E-state index in [1.807, 2.05) is 55.5 Å². The molecule has 0 aliphatic heterocycles. The minimum absolute atomic E-state index is 0.0574. The number of hydrogen-bond acceptors (Lipinski definition) is 4. The van der Waals surface area contributed by atoms with Gasteiger partial charge in [0.2, 0.25) is 0 Å². The number of aromatic nitrogens is 3. The Morgan fingerprint density at radius 2 is 1.78 bits per heavy atom. The number of rotatable bonds is 3. The van der Waals surface area contributed by atoms with Gasteiger partial charge in [-0.1, -0.05) is 30.3 Å². The van der Waals surface area contributed by atoms with Gasteiger partial charge < -0.3 is 9.88 Å². The Balaban J connectivity index is 1.55. The molecule has 156 valence electrons. The van der Waals surface area contributed by atoms with Crippen molar-refractivity contribution in [3.63, 3.8) is 0 Å². The Bertz CT molecular complexity index is 1570. The molecule has 5 rings (SSSR count). The Labute approximate surface area is 184 Å². The Hall–Kier alpha value is -4.32. The molecule has 0 aliphatic carbocycles. The summed E-state index contributed by atoms with van der Waals surface area (Å²) in [6.07, 6.45) is 5.26. The van der Waals surface area contributed by atoms with Gasteiger partial charge in [-0.25, -0.2) is 4.98 Å². The summed E-state index contributed by atoms with van der Waals surface area (Å²) in [5.41, 5.74) is 3.00. The predicted molar refractivity (Wildman–Crippen MR) is 127 cm³/mol. The van der Waals surface area contributed by atoms with Crippen molar-refractivity contribution in [1.82, 2.24) is 14.5 Å². The second-order valence-electron chi connectivity index (χ2n) is 7.76. The summed E-state index contributed by atoms with van der Waals surface area (Å²) in [5.74, 6) is 0.208. The van der Waals surface area contributed by atoms with Crippen molar-refractivity contribution in [2.24, 2.45) is 7.05 Å². The van der Waals surface area contributed by atoms with Gasteiger partial charge in [0.15, 0.2) is 0 Å². The fraction of sp³-hybridized carbons (Fsp3) is 0.0769. The monoisotopic (exact) mass is 420 g/mol. The van der Waals surface area contributed by atoms with E-state index >= 15 is 0 Å². The molecule has 0 bridgehead atoms. The number of carbonyl (C=O) groups excluding carboxylic acids is 1. The molecule has 3 aromatic heterocycles. The van der Waals surface area contributed by atoms with Crippen LogP contribution in [0.3, 0.4) is 0 Å². The molecule has 5 aromatic rings. The fourth-order valence-electron chi connectivity index (χ4n) is 3.89. The van der Waals surface area contributed by atoms with Crippen molar-refractivity contribution in [2.45, 2.75) is 6.92 Å². The quantitative estimate of drug-likeness (QED) is 0.459. The highest BCUT2D eigenvalue weighted by Crippen LogP contribution is 2.29. The first-order valence-corrected chi connectivity index (χ1v) is 10.2.